The van der Waals surface area contributed by atoms with Crippen LogP contribution in [0.2, 0.25) is 0 Å². The Morgan fingerprint density at radius 3 is 2.57 bits per heavy atom. The van der Waals surface area contributed by atoms with Gasteiger partial charge in [0.15, 0.2) is 0 Å². The molecule has 1 unspecified atom stereocenters. The number of nitrogen functional groups attached to an aromatic ring is 1. The molecule has 0 saturated carbocycles. The van der Waals surface area contributed by atoms with Crippen LogP contribution in [0.1, 0.15) is 23.2 Å². The Bertz CT molecular complexity index is 671. The van der Waals surface area contributed by atoms with E-state index in [-0.39, 0.29) is 11.9 Å². The van der Waals surface area contributed by atoms with Crippen LogP contribution in [0.25, 0.3) is 0 Å². The summed E-state index contributed by atoms with van der Waals surface area (Å²) < 4.78 is 0. The largest absolute Gasteiger partial charge is 0.398 e. The molecule has 0 radical (unpaired) electrons. The molecule has 4 nitrogen and oxygen atoms in total. The SMILES string of the molecule is CN(C(=O)c1ccccc1N)C1CCCN(c2ccccc2)C1. The number of nitrogens with two attached hydrogens (primary N) is 1. The van der Waals surface area contributed by atoms with E-state index in [0.717, 1.165) is 25.9 Å². The van der Waals surface area contributed by atoms with Crippen molar-refractivity contribution in [2.75, 3.05) is 30.8 Å². The van der Waals surface area contributed by atoms with Gasteiger partial charge in [-0.1, -0.05) is 30.3 Å². The summed E-state index contributed by atoms with van der Waals surface area (Å²) in [6, 6.07) is 17.9. The highest BCUT2D eigenvalue weighted by molar-refractivity contribution is 5.99. The van der Waals surface area contributed by atoms with Gasteiger partial charge in [0, 0.05) is 37.6 Å². The van der Waals surface area contributed by atoms with Gasteiger partial charge in [0.2, 0.25) is 0 Å². The fraction of sp³-hybridized carbons (Fsp3) is 0.316. The number of hydrogen-bond acceptors (Lipinski definition) is 3. The van der Waals surface area contributed by atoms with Crippen LogP contribution in [0.4, 0.5) is 11.4 Å². The van der Waals surface area contributed by atoms with Gasteiger partial charge in [-0.3, -0.25) is 4.79 Å². The Morgan fingerprint density at radius 2 is 1.83 bits per heavy atom. The number of anilines is 2. The van der Waals surface area contributed by atoms with Crippen LogP contribution < -0.4 is 10.6 Å². The van der Waals surface area contributed by atoms with Crippen molar-refractivity contribution < 1.29 is 4.79 Å². The molecule has 3 rings (SSSR count). The standard InChI is InChI=1S/C19H23N3O/c1-21(19(23)17-11-5-6-12-18(17)20)16-10-7-13-22(14-16)15-8-3-2-4-9-15/h2-6,8-9,11-12,16H,7,10,13-14,20H2,1H3. The van der Waals surface area contributed by atoms with Crippen molar-refractivity contribution in [3.05, 3.63) is 60.2 Å². The molecule has 0 bridgehead atoms. The smallest absolute Gasteiger partial charge is 0.255 e. The van der Waals surface area contributed by atoms with E-state index in [0.29, 0.717) is 11.3 Å². The first-order valence-electron chi connectivity index (χ1n) is 8.08. The van der Waals surface area contributed by atoms with Gasteiger partial charge in [-0.25, -0.2) is 0 Å². The quantitative estimate of drug-likeness (QED) is 0.887. The Balaban J connectivity index is 1.73. The number of hydrogen-bond donors (Lipinski definition) is 1. The second-order valence-electron chi connectivity index (χ2n) is 6.08. The van der Waals surface area contributed by atoms with Crippen LogP contribution in [0, 0.1) is 0 Å². The zero-order valence-electron chi connectivity index (χ0n) is 13.5. The highest BCUT2D eigenvalue weighted by Gasteiger charge is 2.27. The van der Waals surface area contributed by atoms with E-state index in [1.54, 1.807) is 12.1 Å². The average molecular weight is 309 g/mol. The van der Waals surface area contributed by atoms with E-state index in [4.69, 9.17) is 5.73 Å². The fourth-order valence-corrected chi connectivity index (χ4v) is 3.19. The molecule has 1 atom stereocenters. The molecular formula is C19H23N3O. The van der Waals surface area contributed by atoms with Gasteiger partial charge in [-0.15, -0.1) is 0 Å². The molecule has 1 aliphatic heterocycles. The Hall–Kier alpha value is -2.49. The van der Waals surface area contributed by atoms with Gasteiger partial charge in [0.1, 0.15) is 0 Å². The summed E-state index contributed by atoms with van der Waals surface area (Å²) in [5.74, 6) is 0.00279. The molecule has 4 heteroatoms. The maximum absolute atomic E-state index is 12.7. The molecule has 1 aliphatic rings. The third-order valence-electron chi connectivity index (χ3n) is 4.58. The summed E-state index contributed by atoms with van der Waals surface area (Å²) >= 11 is 0. The molecule has 2 aromatic rings. The predicted octanol–water partition coefficient (Wildman–Crippen LogP) is 3.01. The molecule has 1 heterocycles. The number of rotatable bonds is 3. The van der Waals surface area contributed by atoms with E-state index in [1.807, 2.05) is 30.1 Å². The van der Waals surface area contributed by atoms with E-state index >= 15 is 0 Å². The number of carbonyl (C=O) groups excluding carboxylic acids is 1. The molecule has 1 saturated heterocycles. The third-order valence-corrected chi connectivity index (χ3v) is 4.58. The molecule has 2 aromatic carbocycles. The minimum Gasteiger partial charge on any atom is -0.398 e. The number of nitrogens with zero attached hydrogens (tertiary/aromatic N) is 2. The molecule has 0 aliphatic carbocycles. The van der Waals surface area contributed by atoms with Gasteiger partial charge in [0.05, 0.1) is 5.56 Å². The minimum absolute atomic E-state index is 0.00279. The number of carbonyl (C=O) groups is 1. The number of para-hydroxylation sites is 2. The predicted molar refractivity (Wildman–Crippen MR) is 94.6 cm³/mol. The zero-order valence-corrected chi connectivity index (χ0v) is 13.5. The highest BCUT2D eigenvalue weighted by Crippen LogP contribution is 2.23. The van der Waals surface area contributed by atoms with Crippen LogP contribution >= 0.6 is 0 Å². The van der Waals surface area contributed by atoms with Crippen molar-refractivity contribution in [3.8, 4) is 0 Å². The van der Waals surface area contributed by atoms with Gasteiger partial charge in [-0.05, 0) is 37.1 Å². The van der Waals surface area contributed by atoms with Crippen LogP contribution in [0.3, 0.4) is 0 Å². The van der Waals surface area contributed by atoms with Crippen LogP contribution in [-0.4, -0.2) is 37.0 Å². The minimum atomic E-state index is 0.00279. The van der Waals surface area contributed by atoms with Crippen molar-refractivity contribution in [3.63, 3.8) is 0 Å². The summed E-state index contributed by atoms with van der Waals surface area (Å²) in [6.07, 6.45) is 2.11. The normalized spacial score (nSPS) is 17.8. The fourth-order valence-electron chi connectivity index (χ4n) is 3.19. The van der Waals surface area contributed by atoms with Gasteiger partial charge >= 0.3 is 0 Å². The first kappa shape index (κ1) is 15.4. The Morgan fingerprint density at radius 1 is 1.13 bits per heavy atom. The lowest BCUT2D eigenvalue weighted by Gasteiger charge is -2.39. The van der Waals surface area contributed by atoms with E-state index in [9.17, 15) is 4.79 Å². The van der Waals surface area contributed by atoms with Crippen molar-refractivity contribution in [2.24, 2.45) is 0 Å². The monoisotopic (exact) mass is 309 g/mol. The number of piperidine rings is 1. The summed E-state index contributed by atoms with van der Waals surface area (Å²) in [5.41, 5.74) is 8.30. The molecule has 1 fully saturated rings. The molecule has 0 spiro atoms. The van der Waals surface area contributed by atoms with Crippen LogP contribution in [0.5, 0.6) is 0 Å². The first-order chi connectivity index (χ1) is 11.2. The van der Waals surface area contributed by atoms with Gasteiger partial charge in [0.25, 0.3) is 5.91 Å². The van der Waals surface area contributed by atoms with Crippen molar-refractivity contribution in [2.45, 2.75) is 18.9 Å². The zero-order chi connectivity index (χ0) is 16.2. The lowest BCUT2D eigenvalue weighted by molar-refractivity contribution is 0.0718. The summed E-state index contributed by atoms with van der Waals surface area (Å²) in [6.45, 7) is 1.90. The van der Waals surface area contributed by atoms with Gasteiger partial charge < -0.3 is 15.5 Å². The average Bonchev–Trinajstić information content (AvgIpc) is 2.62. The first-order valence-corrected chi connectivity index (χ1v) is 8.08. The summed E-state index contributed by atoms with van der Waals surface area (Å²) in [5, 5.41) is 0. The Kier molecular flexibility index (Phi) is 4.51. The lowest BCUT2D eigenvalue weighted by Crippen LogP contribution is -2.48. The van der Waals surface area contributed by atoms with E-state index in [1.165, 1.54) is 5.69 Å². The Labute approximate surface area is 137 Å². The molecule has 120 valence electrons. The topological polar surface area (TPSA) is 49.6 Å². The summed E-state index contributed by atoms with van der Waals surface area (Å²) in [7, 11) is 1.88. The number of benzene rings is 2. The number of likely N-dealkylation sites (N-methyl/N-ethyl adjacent to an activating group) is 1. The highest BCUT2D eigenvalue weighted by atomic mass is 16.2. The van der Waals surface area contributed by atoms with Crippen LogP contribution in [0.15, 0.2) is 54.6 Å². The third kappa shape index (κ3) is 3.31. The summed E-state index contributed by atoms with van der Waals surface area (Å²) in [4.78, 5) is 16.9. The van der Waals surface area contributed by atoms with E-state index in [2.05, 4.69) is 29.2 Å². The molecule has 1 amide bonds. The molecule has 2 N–H and O–H groups in total. The lowest BCUT2D eigenvalue weighted by atomic mass is 10.0. The second kappa shape index (κ2) is 6.73. The maximum Gasteiger partial charge on any atom is 0.255 e. The van der Waals surface area contributed by atoms with E-state index < -0.39 is 0 Å². The van der Waals surface area contributed by atoms with Crippen molar-refractivity contribution >= 4 is 17.3 Å². The van der Waals surface area contributed by atoms with Crippen LogP contribution in [-0.2, 0) is 0 Å². The molecule has 0 aromatic heterocycles. The molecular weight excluding hydrogens is 286 g/mol. The maximum atomic E-state index is 12.7. The molecule has 23 heavy (non-hydrogen) atoms. The number of amides is 1. The van der Waals surface area contributed by atoms with Crippen molar-refractivity contribution in [1.82, 2.24) is 4.90 Å². The second-order valence-corrected chi connectivity index (χ2v) is 6.08. The van der Waals surface area contributed by atoms with Gasteiger partial charge in [-0.2, -0.15) is 0 Å². The van der Waals surface area contributed by atoms with Crippen molar-refractivity contribution in [1.29, 1.82) is 0 Å².